The Bertz CT molecular complexity index is 1360. The zero-order chi connectivity index (χ0) is 34.5. The van der Waals surface area contributed by atoms with Gasteiger partial charge >= 0.3 is 0 Å². The number of allylic oxidation sites excluding steroid dienone is 9. The van der Waals surface area contributed by atoms with Crippen molar-refractivity contribution in [1.82, 2.24) is 25.3 Å². The summed E-state index contributed by atoms with van der Waals surface area (Å²) in [6, 6.07) is 1.63. The summed E-state index contributed by atoms with van der Waals surface area (Å²) in [7, 11) is 0. The quantitative estimate of drug-likeness (QED) is 0.129. The van der Waals surface area contributed by atoms with E-state index in [1.165, 1.54) is 24.0 Å². The molecule has 2 saturated heterocycles. The lowest BCUT2D eigenvalue weighted by atomic mass is 9.92. The van der Waals surface area contributed by atoms with E-state index in [0.29, 0.717) is 29.4 Å². The van der Waals surface area contributed by atoms with Gasteiger partial charge in [-0.05, 0) is 97.0 Å². The number of carbonyl (C=O) groups excluding carboxylic acids is 1. The molecule has 0 spiro atoms. The summed E-state index contributed by atoms with van der Waals surface area (Å²) >= 11 is 0. The Morgan fingerprint density at radius 1 is 1.02 bits per heavy atom. The van der Waals surface area contributed by atoms with Gasteiger partial charge in [0.15, 0.2) is 0 Å². The number of carbonyl (C=O) groups is 1. The van der Waals surface area contributed by atoms with Crippen molar-refractivity contribution >= 4 is 5.78 Å². The van der Waals surface area contributed by atoms with Crippen LogP contribution in [0.4, 0.5) is 4.39 Å². The molecule has 7 heteroatoms. The van der Waals surface area contributed by atoms with E-state index in [9.17, 15) is 9.18 Å². The van der Waals surface area contributed by atoms with Gasteiger partial charge in [0.2, 0.25) is 5.78 Å². The lowest BCUT2D eigenvalue weighted by Crippen LogP contribution is -2.58. The van der Waals surface area contributed by atoms with Crippen molar-refractivity contribution in [1.29, 1.82) is 0 Å². The van der Waals surface area contributed by atoms with E-state index in [0.717, 1.165) is 81.2 Å². The van der Waals surface area contributed by atoms with Gasteiger partial charge in [-0.1, -0.05) is 62.0 Å². The summed E-state index contributed by atoms with van der Waals surface area (Å²) in [5.74, 6) is 1.79. The summed E-state index contributed by atoms with van der Waals surface area (Å²) in [5.41, 5.74) is 7.96. The van der Waals surface area contributed by atoms with E-state index in [-0.39, 0.29) is 5.78 Å². The van der Waals surface area contributed by atoms with Gasteiger partial charge in [-0.15, -0.1) is 6.42 Å². The van der Waals surface area contributed by atoms with Crippen molar-refractivity contribution in [2.75, 3.05) is 45.9 Å². The molecule has 2 aliphatic carbocycles. The molecule has 2 N–H and O–H groups in total. The first kappa shape index (κ1) is 37.9. The first-order valence-corrected chi connectivity index (χ1v) is 17.3. The maximum absolute atomic E-state index is 12.3. The molecule has 0 radical (unpaired) electrons. The highest BCUT2D eigenvalue weighted by Gasteiger charge is 2.36. The van der Waals surface area contributed by atoms with Crippen LogP contribution in [0, 0.1) is 12.3 Å². The van der Waals surface area contributed by atoms with Crippen LogP contribution in [0.2, 0.25) is 0 Å². The van der Waals surface area contributed by atoms with Crippen LogP contribution in [0.1, 0.15) is 73.6 Å². The van der Waals surface area contributed by atoms with Crippen LogP contribution < -0.4 is 10.6 Å². The Morgan fingerprint density at radius 2 is 1.70 bits per heavy atom. The number of Topliss-reactive ketones (excluding diaryl/α,β-unsaturated/α-hetero) is 1. The number of terminal acetylenes is 1. The molecule has 6 nitrogen and oxygen atoms in total. The number of rotatable bonds is 13. The van der Waals surface area contributed by atoms with Crippen LogP contribution in [0.5, 0.6) is 0 Å². The average Bonchev–Trinajstić information content (AvgIpc) is 3.94. The second-order valence-corrected chi connectivity index (χ2v) is 12.9. The first-order valence-electron chi connectivity index (χ1n) is 17.3. The molecular formula is C40H58FN5O. The molecule has 4 rings (SSSR count). The van der Waals surface area contributed by atoms with Crippen molar-refractivity contribution in [3.05, 3.63) is 94.7 Å². The molecule has 2 heterocycles. The molecule has 0 aromatic rings. The number of ketones is 1. The van der Waals surface area contributed by atoms with Gasteiger partial charge in [-0.2, -0.15) is 0 Å². The number of piperidine rings is 1. The van der Waals surface area contributed by atoms with Gasteiger partial charge < -0.3 is 15.5 Å². The minimum atomic E-state index is -0.653. The molecule has 1 unspecified atom stereocenters. The van der Waals surface area contributed by atoms with Crippen LogP contribution in [-0.4, -0.2) is 84.6 Å². The molecule has 0 aromatic carbocycles. The minimum Gasteiger partial charge on any atom is -0.377 e. The fraction of sp³-hybridized carbons (Fsp3) is 0.525. The standard InChI is InChI=1S/C37H55N5O.C3H3F/c1-9-26(5)13-14-30(10-2)24-40-19-17-34(18-20-40)42-22-21-41(25-33(42)12-4)29(8)27(6)23-31(11-3)38-35-28(7)37(43)36(35)39-32-15-16-32;1-2-3-4/h9-11,13-14,23,32-34,38-39H,7-8,12,15-22,24-25H2,1-6H3;1H,3H2/b14-13-,26-9-,27-23-,30-10+,31-11+;. The number of piperazine rings is 1. The molecule has 4 aliphatic rings. The third-order valence-corrected chi connectivity index (χ3v) is 9.66. The normalized spacial score (nSPS) is 22.6. The Morgan fingerprint density at radius 3 is 2.26 bits per heavy atom. The van der Waals surface area contributed by atoms with Crippen LogP contribution >= 0.6 is 0 Å². The van der Waals surface area contributed by atoms with Crippen molar-refractivity contribution in [3.63, 3.8) is 0 Å². The predicted molar refractivity (Wildman–Crippen MR) is 196 cm³/mol. The van der Waals surface area contributed by atoms with E-state index in [1.807, 2.05) is 13.0 Å². The molecule has 3 fully saturated rings. The van der Waals surface area contributed by atoms with Gasteiger partial charge in [0, 0.05) is 61.3 Å². The van der Waals surface area contributed by atoms with Crippen LogP contribution in [0.3, 0.4) is 0 Å². The van der Waals surface area contributed by atoms with E-state index < -0.39 is 6.67 Å². The second-order valence-electron chi connectivity index (χ2n) is 12.9. The molecule has 1 atom stereocenters. The summed E-state index contributed by atoms with van der Waals surface area (Å²) in [5, 5.41) is 6.82. The summed E-state index contributed by atoms with van der Waals surface area (Å²) in [6.45, 7) is 27.2. The molecule has 0 amide bonds. The SMILES string of the molecule is C#CCF.C=C1C(=O)C(NC2CC2)=C1NC(/C=C(/C)C(=C)N1CCN(C2CCN(CC(/C=C\C(C)=C/C)=C/C)CC2)C(CC)C1)=C/C. The Hall–Kier alpha value is -3.60. The fourth-order valence-corrected chi connectivity index (χ4v) is 6.28. The maximum Gasteiger partial charge on any atom is 0.212 e. The lowest BCUT2D eigenvalue weighted by molar-refractivity contribution is -0.113. The zero-order valence-corrected chi connectivity index (χ0v) is 29.8. The Labute approximate surface area is 284 Å². The largest absolute Gasteiger partial charge is 0.377 e. The third-order valence-electron chi connectivity index (χ3n) is 9.66. The van der Waals surface area contributed by atoms with Crippen LogP contribution in [-0.2, 0) is 4.79 Å². The van der Waals surface area contributed by atoms with Gasteiger partial charge in [-0.3, -0.25) is 14.6 Å². The van der Waals surface area contributed by atoms with E-state index in [4.69, 9.17) is 0 Å². The molecular weight excluding hydrogens is 585 g/mol. The highest BCUT2D eigenvalue weighted by Crippen LogP contribution is 2.31. The summed E-state index contributed by atoms with van der Waals surface area (Å²) < 4.78 is 10.5. The maximum atomic E-state index is 12.3. The van der Waals surface area contributed by atoms with Crippen molar-refractivity contribution in [2.45, 2.75) is 91.8 Å². The average molecular weight is 644 g/mol. The number of hydrogen-bond acceptors (Lipinski definition) is 6. The highest BCUT2D eigenvalue weighted by molar-refractivity contribution is 6.19. The number of halogens is 1. The van der Waals surface area contributed by atoms with E-state index in [2.05, 4.69) is 110 Å². The minimum absolute atomic E-state index is 0.0268. The predicted octanol–water partition coefficient (Wildman–Crippen LogP) is 6.96. The van der Waals surface area contributed by atoms with Gasteiger partial charge in [-0.25, -0.2) is 4.39 Å². The van der Waals surface area contributed by atoms with E-state index in [1.54, 1.807) is 5.92 Å². The first-order chi connectivity index (χ1) is 22.6. The summed E-state index contributed by atoms with van der Waals surface area (Å²) in [6.07, 6.45) is 23.4. The van der Waals surface area contributed by atoms with Crippen LogP contribution in [0.15, 0.2) is 94.7 Å². The molecule has 2 aliphatic heterocycles. The topological polar surface area (TPSA) is 50.9 Å². The van der Waals surface area contributed by atoms with Gasteiger partial charge in [0.1, 0.15) is 12.4 Å². The van der Waals surface area contributed by atoms with E-state index >= 15 is 0 Å². The summed E-state index contributed by atoms with van der Waals surface area (Å²) in [4.78, 5) is 20.2. The van der Waals surface area contributed by atoms with Gasteiger partial charge in [0.05, 0.1) is 5.70 Å². The van der Waals surface area contributed by atoms with Gasteiger partial charge in [0.25, 0.3) is 0 Å². The zero-order valence-electron chi connectivity index (χ0n) is 29.8. The Kier molecular flexibility index (Phi) is 15.0. The number of nitrogens with one attached hydrogen (secondary N) is 2. The number of nitrogens with zero attached hydrogens (tertiary/aromatic N) is 3. The highest BCUT2D eigenvalue weighted by atomic mass is 19.1. The molecule has 1 saturated carbocycles. The monoisotopic (exact) mass is 643 g/mol. The smallest absolute Gasteiger partial charge is 0.212 e. The number of hydrogen-bond donors (Lipinski definition) is 2. The molecule has 256 valence electrons. The lowest BCUT2D eigenvalue weighted by Gasteiger charge is -2.48. The molecule has 0 bridgehead atoms. The second kappa shape index (κ2) is 18.7. The van der Waals surface area contributed by atoms with Crippen molar-refractivity contribution < 1.29 is 9.18 Å². The molecule has 47 heavy (non-hydrogen) atoms. The number of alkyl halides is 1. The van der Waals surface area contributed by atoms with Crippen LogP contribution in [0.25, 0.3) is 0 Å². The van der Waals surface area contributed by atoms with Crippen molar-refractivity contribution in [3.8, 4) is 12.3 Å². The Balaban J connectivity index is 0.00000142. The van der Waals surface area contributed by atoms with Crippen molar-refractivity contribution in [2.24, 2.45) is 0 Å². The molecule has 0 aromatic heterocycles. The number of likely N-dealkylation sites (tertiary alicyclic amines) is 1. The third kappa shape index (κ3) is 10.7. The fourth-order valence-electron chi connectivity index (χ4n) is 6.28.